The normalized spacial score (nSPS) is 44.5. The largest absolute Gasteiger partial charge is 0.481 e. The van der Waals surface area contributed by atoms with Gasteiger partial charge in [-0.15, -0.1) is 0 Å². The first-order valence-electron chi connectivity index (χ1n) is 20.7. The SMILES string of the molecule is C=C(C)[C@@H]1CC[C@]2(CC(=O)N[C@H]3CC[C@H](N(C)C)C3)CC[C@]3(C)[C@H](CC[C@@H]4[C@@]5(C)CC[C@H](OC(=O)CC(C)(C)C(=O)O)C(C)(C)[C@@H]5CC[C@]43C)[C@@H]12. The lowest BCUT2D eigenvalue weighted by Gasteiger charge is -2.73. The Morgan fingerprint density at radius 3 is 2.20 bits per heavy atom. The first kappa shape index (κ1) is 38.8. The van der Waals surface area contributed by atoms with E-state index in [2.05, 4.69) is 72.4 Å². The zero-order valence-corrected chi connectivity index (χ0v) is 34.0. The predicted molar refractivity (Wildman–Crippen MR) is 203 cm³/mol. The fourth-order valence-electron chi connectivity index (χ4n) is 14.6. The Morgan fingerprint density at radius 1 is 0.863 bits per heavy atom. The van der Waals surface area contributed by atoms with Crippen LogP contribution < -0.4 is 5.32 Å². The number of carboxylic acids is 1. The van der Waals surface area contributed by atoms with Gasteiger partial charge in [0.05, 0.1) is 11.8 Å². The van der Waals surface area contributed by atoms with Gasteiger partial charge in [-0.3, -0.25) is 14.4 Å². The molecular formula is C44H72N2O5. The Labute approximate surface area is 309 Å². The molecule has 51 heavy (non-hydrogen) atoms. The molecule has 0 heterocycles. The zero-order valence-electron chi connectivity index (χ0n) is 34.0. The molecule has 0 aromatic heterocycles. The summed E-state index contributed by atoms with van der Waals surface area (Å²) in [5.74, 6) is 1.57. The maximum atomic E-state index is 13.9. The number of hydrogen-bond acceptors (Lipinski definition) is 5. The maximum Gasteiger partial charge on any atom is 0.309 e. The lowest BCUT2D eigenvalue weighted by atomic mass is 9.32. The minimum absolute atomic E-state index is 0.0703. The number of carbonyl (C=O) groups excluding carboxylic acids is 2. The van der Waals surface area contributed by atoms with Crippen LogP contribution in [-0.4, -0.2) is 60.1 Å². The van der Waals surface area contributed by atoms with Crippen LogP contribution in [0.5, 0.6) is 0 Å². The van der Waals surface area contributed by atoms with Crippen molar-refractivity contribution in [2.75, 3.05) is 14.1 Å². The molecule has 0 unspecified atom stereocenters. The Bertz CT molecular complexity index is 1400. The Kier molecular flexibility index (Phi) is 10.0. The van der Waals surface area contributed by atoms with E-state index in [1.54, 1.807) is 13.8 Å². The number of hydrogen-bond donors (Lipinski definition) is 2. The molecule has 6 saturated carbocycles. The number of nitrogens with zero attached hydrogens (tertiary/aromatic N) is 1. The van der Waals surface area contributed by atoms with E-state index >= 15 is 0 Å². The van der Waals surface area contributed by atoms with Gasteiger partial charge in [0.25, 0.3) is 0 Å². The lowest BCUT2D eigenvalue weighted by Crippen LogP contribution is -2.67. The summed E-state index contributed by atoms with van der Waals surface area (Å²) >= 11 is 0. The molecule has 6 aliphatic carbocycles. The summed E-state index contributed by atoms with van der Waals surface area (Å²) in [5.41, 5.74) is 0.618. The van der Waals surface area contributed by atoms with Crippen molar-refractivity contribution in [1.29, 1.82) is 0 Å². The van der Waals surface area contributed by atoms with E-state index < -0.39 is 11.4 Å². The van der Waals surface area contributed by atoms with Crippen molar-refractivity contribution in [2.45, 2.75) is 170 Å². The fourth-order valence-corrected chi connectivity index (χ4v) is 14.6. The molecule has 0 radical (unpaired) electrons. The maximum absolute atomic E-state index is 13.9. The summed E-state index contributed by atoms with van der Waals surface area (Å²) in [4.78, 5) is 41.1. The molecule has 12 atom stereocenters. The third-order valence-corrected chi connectivity index (χ3v) is 17.6. The van der Waals surface area contributed by atoms with Crippen LogP contribution in [-0.2, 0) is 19.1 Å². The van der Waals surface area contributed by atoms with Crippen molar-refractivity contribution in [3.05, 3.63) is 12.2 Å². The smallest absolute Gasteiger partial charge is 0.309 e. The number of fused-ring (bicyclic) bond motifs is 7. The molecule has 0 aliphatic heterocycles. The second-order valence-corrected chi connectivity index (χ2v) is 21.1. The van der Waals surface area contributed by atoms with Gasteiger partial charge in [0.15, 0.2) is 0 Å². The highest BCUT2D eigenvalue weighted by Gasteiger charge is 2.71. The highest BCUT2D eigenvalue weighted by atomic mass is 16.5. The molecule has 0 aromatic rings. The second kappa shape index (κ2) is 13.1. The van der Waals surface area contributed by atoms with Crippen molar-refractivity contribution in [2.24, 2.45) is 62.1 Å². The molecule has 0 saturated heterocycles. The van der Waals surface area contributed by atoms with Gasteiger partial charge in [0, 0.05) is 23.9 Å². The molecule has 0 bridgehead atoms. The topological polar surface area (TPSA) is 95.9 Å². The van der Waals surface area contributed by atoms with Gasteiger partial charge in [0.2, 0.25) is 5.91 Å². The third kappa shape index (κ3) is 6.23. The van der Waals surface area contributed by atoms with Crippen LogP contribution in [0.15, 0.2) is 12.2 Å². The summed E-state index contributed by atoms with van der Waals surface area (Å²) in [6.45, 7) is 22.5. The minimum atomic E-state index is -1.14. The summed E-state index contributed by atoms with van der Waals surface area (Å²) in [6, 6.07) is 0.868. The highest BCUT2D eigenvalue weighted by molar-refractivity contribution is 5.81. The van der Waals surface area contributed by atoms with Gasteiger partial charge in [-0.2, -0.15) is 0 Å². The van der Waals surface area contributed by atoms with Crippen molar-refractivity contribution < 1.29 is 24.2 Å². The van der Waals surface area contributed by atoms with Crippen molar-refractivity contribution in [3.8, 4) is 0 Å². The monoisotopic (exact) mass is 709 g/mol. The number of nitrogens with one attached hydrogen (secondary N) is 1. The van der Waals surface area contributed by atoms with Crippen LogP contribution in [0.4, 0.5) is 0 Å². The molecule has 288 valence electrons. The first-order valence-corrected chi connectivity index (χ1v) is 20.7. The molecule has 6 fully saturated rings. The number of aliphatic carboxylic acids is 1. The molecule has 7 heteroatoms. The van der Waals surface area contributed by atoms with Crippen LogP contribution in [0.3, 0.4) is 0 Å². The number of esters is 1. The van der Waals surface area contributed by atoms with Crippen LogP contribution in [0.2, 0.25) is 0 Å². The summed E-state index contributed by atoms with van der Waals surface area (Å²) in [7, 11) is 4.32. The van der Waals surface area contributed by atoms with E-state index in [9.17, 15) is 19.5 Å². The molecule has 6 aliphatic rings. The number of rotatable bonds is 9. The fraction of sp³-hybridized carbons (Fsp3) is 0.886. The van der Waals surface area contributed by atoms with Gasteiger partial charge in [-0.25, -0.2) is 0 Å². The van der Waals surface area contributed by atoms with E-state index in [0.717, 1.165) is 51.4 Å². The number of ether oxygens (including phenoxy) is 1. The van der Waals surface area contributed by atoms with E-state index in [1.807, 2.05) is 0 Å². The summed E-state index contributed by atoms with van der Waals surface area (Å²) in [5, 5.41) is 13.1. The van der Waals surface area contributed by atoms with Crippen LogP contribution in [0.25, 0.3) is 0 Å². The van der Waals surface area contributed by atoms with Gasteiger partial charge in [-0.05, 0) is 170 Å². The van der Waals surface area contributed by atoms with Crippen LogP contribution in [0.1, 0.15) is 152 Å². The molecular weight excluding hydrogens is 636 g/mol. The zero-order chi connectivity index (χ0) is 37.5. The van der Waals surface area contributed by atoms with Crippen LogP contribution >= 0.6 is 0 Å². The molecule has 7 nitrogen and oxygen atoms in total. The van der Waals surface area contributed by atoms with Gasteiger partial charge >= 0.3 is 11.9 Å². The average molecular weight is 709 g/mol. The Balaban J connectivity index is 1.22. The third-order valence-electron chi connectivity index (χ3n) is 17.6. The van der Waals surface area contributed by atoms with Gasteiger partial charge in [-0.1, -0.05) is 46.8 Å². The van der Waals surface area contributed by atoms with E-state index in [4.69, 9.17) is 4.74 Å². The molecule has 0 aromatic carbocycles. The summed E-state index contributed by atoms with van der Waals surface area (Å²) < 4.78 is 6.19. The summed E-state index contributed by atoms with van der Waals surface area (Å²) in [6.07, 6.45) is 15.0. The van der Waals surface area contributed by atoms with E-state index in [1.165, 1.54) is 37.7 Å². The molecule has 0 spiro atoms. The molecule has 6 rings (SSSR count). The second-order valence-electron chi connectivity index (χ2n) is 21.1. The highest BCUT2D eigenvalue weighted by Crippen LogP contribution is 2.78. The van der Waals surface area contributed by atoms with Crippen molar-refractivity contribution in [3.63, 3.8) is 0 Å². The first-order chi connectivity index (χ1) is 23.6. The lowest BCUT2D eigenvalue weighted by molar-refractivity contribution is -0.250. The standard InChI is InChI=1S/C44H72N2O5/c1-27(2)30-16-21-44(25-35(47)45-28-12-13-29(24-28)46(10)11)23-22-42(8)31(37(30)44)14-15-33-41(7)19-18-34(51-36(48)26-39(3,4)38(49)50)40(5,6)32(41)17-20-43(33,42)9/h28-34,37H,1,12-26H2,2-11H3,(H,45,47)(H,49,50)/t28-,29-,30-,31+,32-,33+,34-,37+,41-,42+,43+,44+/m0/s1. The quantitative estimate of drug-likeness (QED) is 0.183. The minimum Gasteiger partial charge on any atom is -0.481 e. The molecule has 1 amide bonds. The Hall–Kier alpha value is -1.89. The van der Waals surface area contributed by atoms with Crippen molar-refractivity contribution in [1.82, 2.24) is 10.2 Å². The van der Waals surface area contributed by atoms with Gasteiger partial charge < -0.3 is 20.1 Å². The predicted octanol–water partition coefficient (Wildman–Crippen LogP) is 9.05. The Morgan fingerprint density at radius 2 is 1.57 bits per heavy atom. The number of carboxylic acid groups (broad SMARTS) is 1. The van der Waals surface area contributed by atoms with E-state index in [-0.39, 0.29) is 51.5 Å². The van der Waals surface area contributed by atoms with E-state index in [0.29, 0.717) is 48.1 Å². The van der Waals surface area contributed by atoms with Crippen molar-refractivity contribution >= 4 is 17.8 Å². The van der Waals surface area contributed by atoms with Crippen LogP contribution in [0, 0.1) is 62.1 Å². The number of amides is 1. The molecule has 2 N–H and O–H groups in total. The van der Waals surface area contributed by atoms with Gasteiger partial charge in [0.1, 0.15) is 6.10 Å². The number of carbonyl (C=O) groups is 3. The average Bonchev–Trinajstić information content (AvgIpc) is 3.64. The number of allylic oxidation sites excluding steroid dienone is 1.